The highest BCUT2D eigenvalue weighted by Gasteiger charge is 2.27. The number of benzene rings is 2. The summed E-state index contributed by atoms with van der Waals surface area (Å²) in [4.78, 5) is 10.8. The number of carboxylic acid groups (broad SMARTS) is 1. The van der Waals surface area contributed by atoms with Crippen molar-refractivity contribution in [2.75, 3.05) is 6.61 Å². The van der Waals surface area contributed by atoms with Gasteiger partial charge >= 0.3 is 12.1 Å². The van der Waals surface area contributed by atoms with Gasteiger partial charge in [-0.1, -0.05) is 36.4 Å². The largest absolute Gasteiger partial charge is 0.478 e. The third-order valence-corrected chi connectivity index (χ3v) is 3.42. The molecular formula is C18H18F3NO3. The van der Waals surface area contributed by atoms with Crippen LogP contribution in [-0.4, -0.2) is 23.9 Å². The molecule has 0 unspecified atom stereocenters. The monoisotopic (exact) mass is 353 g/mol. The zero-order valence-electron chi connectivity index (χ0n) is 13.3. The molecule has 0 atom stereocenters. The molecule has 0 spiro atoms. The summed E-state index contributed by atoms with van der Waals surface area (Å²) in [6, 6.07) is 13.7. The second-order valence-corrected chi connectivity index (χ2v) is 5.53. The van der Waals surface area contributed by atoms with E-state index in [1.54, 1.807) is 36.4 Å². The van der Waals surface area contributed by atoms with E-state index in [0.717, 1.165) is 11.1 Å². The number of nitrogens with one attached hydrogen (secondary N) is 1. The van der Waals surface area contributed by atoms with Gasteiger partial charge in [0.15, 0.2) is 0 Å². The molecule has 0 saturated heterocycles. The van der Waals surface area contributed by atoms with Gasteiger partial charge in [-0.05, 0) is 28.8 Å². The molecule has 0 bridgehead atoms. The maximum absolute atomic E-state index is 12.0. The van der Waals surface area contributed by atoms with Gasteiger partial charge in [0.2, 0.25) is 0 Å². The zero-order valence-corrected chi connectivity index (χ0v) is 13.3. The Morgan fingerprint density at radius 1 is 0.920 bits per heavy atom. The first-order chi connectivity index (χ1) is 11.8. The second kappa shape index (κ2) is 8.64. The van der Waals surface area contributed by atoms with E-state index in [4.69, 9.17) is 5.11 Å². The normalized spacial score (nSPS) is 11.5. The fraction of sp³-hybridized carbons (Fsp3) is 0.278. The van der Waals surface area contributed by atoms with Gasteiger partial charge in [0.25, 0.3) is 0 Å². The zero-order chi connectivity index (χ0) is 18.3. The Morgan fingerprint density at radius 3 is 1.88 bits per heavy atom. The van der Waals surface area contributed by atoms with E-state index < -0.39 is 18.8 Å². The highest BCUT2D eigenvalue weighted by Crippen LogP contribution is 2.16. The molecule has 0 amide bonds. The van der Waals surface area contributed by atoms with Crippen LogP contribution >= 0.6 is 0 Å². The number of aromatic carboxylic acids is 1. The number of rotatable bonds is 8. The van der Waals surface area contributed by atoms with Crippen LogP contribution in [0, 0.1) is 0 Å². The average Bonchev–Trinajstić information content (AvgIpc) is 2.56. The molecule has 134 valence electrons. The summed E-state index contributed by atoms with van der Waals surface area (Å²) in [6.07, 6.45) is -4.31. The standard InChI is InChI=1S/C18H18F3NO3/c19-18(20,21)12-25-11-15-3-1-13(2-4-15)9-22-10-14-5-7-16(8-6-14)17(23)24/h1-8,22H,9-12H2,(H,23,24). The first kappa shape index (κ1) is 19.0. The maximum atomic E-state index is 12.0. The summed E-state index contributed by atoms with van der Waals surface area (Å²) in [5, 5.41) is 12.1. The Labute approximate surface area is 143 Å². The molecule has 7 heteroatoms. The fourth-order valence-corrected chi connectivity index (χ4v) is 2.15. The van der Waals surface area contributed by atoms with Crippen LogP contribution in [0.1, 0.15) is 27.0 Å². The number of hydrogen-bond acceptors (Lipinski definition) is 3. The minimum Gasteiger partial charge on any atom is -0.478 e. The minimum absolute atomic E-state index is 0.0802. The Morgan fingerprint density at radius 2 is 1.40 bits per heavy atom. The predicted octanol–water partition coefficient (Wildman–Crippen LogP) is 3.75. The summed E-state index contributed by atoms with van der Waals surface area (Å²) in [7, 11) is 0. The van der Waals surface area contributed by atoms with E-state index >= 15 is 0 Å². The highest BCUT2D eigenvalue weighted by molar-refractivity contribution is 5.87. The smallest absolute Gasteiger partial charge is 0.411 e. The van der Waals surface area contributed by atoms with E-state index in [1.807, 2.05) is 12.1 Å². The molecule has 4 nitrogen and oxygen atoms in total. The first-order valence-corrected chi connectivity index (χ1v) is 7.59. The van der Waals surface area contributed by atoms with Crippen LogP contribution in [0.4, 0.5) is 13.2 Å². The van der Waals surface area contributed by atoms with Gasteiger partial charge in [-0.15, -0.1) is 0 Å². The van der Waals surface area contributed by atoms with Gasteiger partial charge in [0.05, 0.1) is 12.2 Å². The van der Waals surface area contributed by atoms with Crippen molar-refractivity contribution < 1.29 is 27.8 Å². The lowest BCUT2D eigenvalue weighted by atomic mass is 10.1. The summed E-state index contributed by atoms with van der Waals surface area (Å²) in [5.41, 5.74) is 2.87. The molecule has 25 heavy (non-hydrogen) atoms. The van der Waals surface area contributed by atoms with Crippen molar-refractivity contribution in [3.63, 3.8) is 0 Å². The summed E-state index contributed by atoms with van der Waals surface area (Å²) >= 11 is 0. The molecule has 0 aliphatic carbocycles. The lowest BCUT2D eigenvalue weighted by Crippen LogP contribution is -2.16. The van der Waals surface area contributed by atoms with Gasteiger partial charge in [0, 0.05) is 13.1 Å². The van der Waals surface area contributed by atoms with Gasteiger partial charge in [-0.25, -0.2) is 4.79 Å². The van der Waals surface area contributed by atoms with Crippen molar-refractivity contribution >= 4 is 5.97 Å². The molecule has 0 fully saturated rings. The van der Waals surface area contributed by atoms with Crippen molar-refractivity contribution in [2.24, 2.45) is 0 Å². The van der Waals surface area contributed by atoms with Gasteiger partial charge in [-0.2, -0.15) is 13.2 Å². The van der Waals surface area contributed by atoms with Crippen molar-refractivity contribution in [3.05, 3.63) is 70.8 Å². The van der Waals surface area contributed by atoms with Crippen molar-refractivity contribution in [2.45, 2.75) is 25.9 Å². The molecular weight excluding hydrogens is 335 g/mol. The van der Waals surface area contributed by atoms with Gasteiger partial charge in [0.1, 0.15) is 6.61 Å². The second-order valence-electron chi connectivity index (χ2n) is 5.53. The number of carbonyl (C=O) groups is 1. The van der Waals surface area contributed by atoms with E-state index in [0.29, 0.717) is 18.7 Å². The highest BCUT2D eigenvalue weighted by atomic mass is 19.4. The van der Waals surface area contributed by atoms with E-state index in [2.05, 4.69) is 10.1 Å². The van der Waals surface area contributed by atoms with Crippen molar-refractivity contribution in [3.8, 4) is 0 Å². The summed E-state index contributed by atoms with van der Waals surface area (Å²) in [5.74, 6) is -0.959. The number of halogens is 3. The van der Waals surface area contributed by atoms with Gasteiger partial charge in [-0.3, -0.25) is 0 Å². The topological polar surface area (TPSA) is 58.6 Å². The minimum atomic E-state index is -4.31. The molecule has 2 aromatic rings. The lowest BCUT2D eigenvalue weighted by Gasteiger charge is -2.09. The van der Waals surface area contributed by atoms with Crippen LogP contribution in [0.3, 0.4) is 0 Å². The number of ether oxygens (including phenoxy) is 1. The van der Waals surface area contributed by atoms with E-state index in [-0.39, 0.29) is 12.2 Å². The predicted molar refractivity (Wildman–Crippen MR) is 86.1 cm³/mol. The summed E-state index contributed by atoms with van der Waals surface area (Å²) in [6.45, 7) is -0.166. The van der Waals surface area contributed by atoms with Crippen LogP contribution in [0.5, 0.6) is 0 Å². The average molecular weight is 353 g/mol. The molecule has 0 aromatic heterocycles. The van der Waals surface area contributed by atoms with Crippen LogP contribution in [0.15, 0.2) is 48.5 Å². The Balaban J connectivity index is 1.75. The van der Waals surface area contributed by atoms with Crippen LogP contribution in [0.25, 0.3) is 0 Å². The SMILES string of the molecule is O=C(O)c1ccc(CNCc2ccc(COCC(F)(F)F)cc2)cc1. The Bertz CT molecular complexity index is 682. The van der Waals surface area contributed by atoms with Gasteiger partial charge < -0.3 is 15.2 Å². The van der Waals surface area contributed by atoms with Crippen LogP contribution in [-0.2, 0) is 24.4 Å². The number of carboxylic acids is 1. The third-order valence-electron chi connectivity index (χ3n) is 3.42. The molecule has 0 radical (unpaired) electrons. The number of alkyl halides is 3. The molecule has 0 aliphatic heterocycles. The van der Waals surface area contributed by atoms with Crippen molar-refractivity contribution in [1.82, 2.24) is 5.32 Å². The Kier molecular flexibility index (Phi) is 6.55. The lowest BCUT2D eigenvalue weighted by molar-refractivity contribution is -0.176. The molecule has 0 aliphatic rings. The third kappa shape index (κ3) is 6.94. The van der Waals surface area contributed by atoms with E-state index in [1.165, 1.54) is 0 Å². The molecule has 2 rings (SSSR count). The summed E-state index contributed by atoms with van der Waals surface area (Å²) < 4.78 is 40.6. The molecule has 0 heterocycles. The fourth-order valence-electron chi connectivity index (χ4n) is 2.15. The number of hydrogen-bond donors (Lipinski definition) is 2. The first-order valence-electron chi connectivity index (χ1n) is 7.59. The molecule has 2 N–H and O–H groups in total. The molecule has 0 saturated carbocycles. The van der Waals surface area contributed by atoms with Crippen LogP contribution < -0.4 is 5.32 Å². The maximum Gasteiger partial charge on any atom is 0.411 e. The van der Waals surface area contributed by atoms with Crippen LogP contribution in [0.2, 0.25) is 0 Å². The Hall–Kier alpha value is -2.38. The molecule has 2 aromatic carbocycles. The van der Waals surface area contributed by atoms with E-state index in [9.17, 15) is 18.0 Å². The van der Waals surface area contributed by atoms with Crippen molar-refractivity contribution in [1.29, 1.82) is 0 Å². The quantitative estimate of drug-likeness (QED) is 0.759.